The first-order valence-corrected chi connectivity index (χ1v) is 10.1. The number of likely N-dealkylation sites (N-methyl/N-ethyl adjacent to an activating group) is 2. The number of halogens is 2. The SMILES string of the molecule is CC(C)CC(C(=O)N(C)C(CN1CCC(F)(F)C1)C(=O)O)N(C)C(=O)OC(C)(C)C. The number of ether oxygens (including phenoxy) is 1. The van der Waals surface area contributed by atoms with Gasteiger partial charge in [-0.1, -0.05) is 13.8 Å². The van der Waals surface area contributed by atoms with E-state index in [-0.39, 0.29) is 25.4 Å². The summed E-state index contributed by atoms with van der Waals surface area (Å²) in [5.74, 6) is -4.68. The van der Waals surface area contributed by atoms with Crippen LogP contribution in [0.5, 0.6) is 0 Å². The Balaban J connectivity index is 3.01. The molecular weight excluding hydrogens is 400 g/mol. The number of likely N-dealkylation sites (tertiary alicyclic amines) is 1. The second kappa shape index (κ2) is 9.89. The Kier molecular flexibility index (Phi) is 8.59. The van der Waals surface area contributed by atoms with Crippen molar-refractivity contribution in [3.63, 3.8) is 0 Å². The van der Waals surface area contributed by atoms with Gasteiger partial charge in [0, 0.05) is 33.6 Å². The van der Waals surface area contributed by atoms with Crippen molar-refractivity contribution in [2.75, 3.05) is 33.7 Å². The van der Waals surface area contributed by atoms with Gasteiger partial charge in [-0.05, 0) is 33.1 Å². The fraction of sp³-hybridized carbons (Fsp3) is 0.850. The molecule has 0 bridgehead atoms. The highest BCUT2D eigenvalue weighted by atomic mass is 19.3. The Morgan fingerprint density at radius 2 is 1.70 bits per heavy atom. The van der Waals surface area contributed by atoms with Crippen LogP contribution in [0.2, 0.25) is 0 Å². The molecule has 0 spiro atoms. The Labute approximate surface area is 177 Å². The largest absolute Gasteiger partial charge is 0.480 e. The molecule has 1 aliphatic heterocycles. The maximum Gasteiger partial charge on any atom is 0.410 e. The predicted molar refractivity (Wildman–Crippen MR) is 107 cm³/mol. The molecule has 0 aromatic carbocycles. The fourth-order valence-electron chi connectivity index (χ4n) is 3.29. The van der Waals surface area contributed by atoms with Crippen LogP contribution in [0, 0.1) is 5.92 Å². The molecule has 2 atom stereocenters. The molecule has 1 rings (SSSR count). The van der Waals surface area contributed by atoms with Crippen LogP contribution >= 0.6 is 0 Å². The highest BCUT2D eigenvalue weighted by Gasteiger charge is 2.42. The van der Waals surface area contributed by atoms with Crippen molar-refractivity contribution in [1.82, 2.24) is 14.7 Å². The minimum atomic E-state index is -2.86. The summed E-state index contributed by atoms with van der Waals surface area (Å²) in [4.78, 5) is 41.0. The number of hydrogen-bond donors (Lipinski definition) is 1. The Morgan fingerprint density at radius 3 is 2.10 bits per heavy atom. The first-order valence-electron chi connectivity index (χ1n) is 10.1. The fourth-order valence-corrected chi connectivity index (χ4v) is 3.29. The van der Waals surface area contributed by atoms with E-state index in [4.69, 9.17) is 4.74 Å². The first-order chi connectivity index (χ1) is 13.5. The number of carbonyl (C=O) groups excluding carboxylic acids is 2. The van der Waals surface area contributed by atoms with Crippen LogP contribution in [0.25, 0.3) is 0 Å². The van der Waals surface area contributed by atoms with E-state index in [1.165, 1.54) is 23.9 Å². The maximum absolute atomic E-state index is 13.5. The third kappa shape index (κ3) is 7.70. The average molecular weight is 436 g/mol. The van der Waals surface area contributed by atoms with Gasteiger partial charge in [-0.3, -0.25) is 14.6 Å². The van der Waals surface area contributed by atoms with Gasteiger partial charge in [0.2, 0.25) is 5.91 Å². The molecular formula is C20H35F2N3O5. The summed E-state index contributed by atoms with van der Waals surface area (Å²) in [6.45, 7) is 8.19. The zero-order valence-corrected chi connectivity index (χ0v) is 18.9. The molecule has 2 amide bonds. The Hall–Kier alpha value is -1.97. The minimum Gasteiger partial charge on any atom is -0.480 e. The van der Waals surface area contributed by atoms with Gasteiger partial charge in [-0.2, -0.15) is 0 Å². The van der Waals surface area contributed by atoms with E-state index >= 15 is 0 Å². The number of hydrogen-bond acceptors (Lipinski definition) is 5. The van der Waals surface area contributed by atoms with Crippen molar-refractivity contribution in [3.05, 3.63) is 0 Å². The molecule has 0 aromatic heterocycles. The molecule has 1 heterocycles. The lowest BCUT2D eigenvalue weighted by atomic mass is 10.0. The predicted octanol–water partition coefficient (Wildman–Crippen LogP) is 2.52. The van der Waals surface area contributed by atoms with Crippen LogP contribution in [-0.4, -0.2) is 95.1 Å². The van der Waals surface area contributed by atoms with Crippen LogP contribution in [0.1, 0.15) is 47.5 Å². The third-order valence-electron chi connectivity index (χ3n) is 4.91. The van der Waals surface area contributed by atoms with Gasteiger partial charge in [0.1, 0.15) is 17.7 Å². The topological polar surface area (TPSA) is 90.4 Å². The van der Waals surface area contributed by atoms with Crippen LogP contribution < -0.4 is 0 Å². The number of carboxylic acids is 1. The molecule has 1 N–H and O–H groups in total. The smallest absolute Gasteiger partial charge is 0.410 e. The summed E-state index contributed by atoms with van der Waals surface area (Å²) in [7, 11) is 2.76. The summed E-state index contributed by atoms with van der Waals surface area (Å²) in [5, 5.41) is 9.63. The van der Waals surface area contributed by atoms with Crippen molar-refractivity contribution in [2.24, 2.45) is 5.92 Å². The molecule has 30 heavy (non-hydrogen) atoms. The number of alkyl halides is 2. The summed E-state index contributed by atoms with van der Waals surface area (Å²) >= 11 is 0. The number of carbonyl (C=O) groups is 3. The van der Waals surface area contributed by atoms with E-state index in [2.05, 4.69) is 0 Å². The summed E-state index contributed by atoms with van der Waals surface area (Å²) in [6.07, 6.45) is -0.734. The summed E-state index contributed by atoms with van der Waals surface area (Å²) in [5.41, 5.74) is -0.757. The lowest BCUT2D eigenvalue weighted by molar-refractivity contribution is -0.152. The van der Waals surface area contributed by atoms with Crippen LogP contribution in [0.4, 0.5) is 13.6 Å². The van der Waals surface area contributed by atoms with Crippen LogP contribution in [0.3, 0.4) is 0 Å². The van der Waals surface area contributed by atoms with Crippen molar-refractivity contribution in [3.8, 4) is 0 Å². The Morgan fingerprint density at radius 1 is 1.13 bits per heavy atom. The quantitative estimate of drug-likeness (QED) is 0.630. The van der Waals surface area contributed by atoms with Crippen molar-refractivity contribution >= 4 is 18.0 Å². The van der Waals surface area contributed by atoms with E-state index in [1.54, 1.807) is 20.8 Å². The minimum absolute atomic E-state index is 0.0396. The molecule has 0 aromatic rings. The number of carboxylic acid groups (broad SMARTS) is 1. The second-order valence-corrected chi connectivity index (χ2v) is 9.38. The molecule has 1 aliphatic rings. The molecule has 2 unspecified atom stereocenters. The van der Waals surface area contributed by atoms with Crippen molar-refractivity contribution in [2.45, 2.75) is 71.1 Å². The maximum atomic E-state index is 13.5. The first kappa shape index (κ1) is 26.1. The van der Waals surface area contributed by atoms with Crippen molar-refractivity contribution in [1.29, 1.82) is 0 Å². The molecule has 1 fully saturated rings. The highest BCUT2D eigenvalue weighted by molar-refractivity contribution is 5.89. The number of nitrogens with zero attached hydrogens (tertiary/aromatic N) is 3. The number of aliphatic carboxylic acids is 1. The number of amides is 2. The standard InChI is InChI=1S/C20H35F2N3O5/c1-13(2)10-14(24(7)18(29)30-19(3,4)5)16(26)23(6)15(17(27)28)11-25-9-8-20(21,22)12-25/h13-15H,8-12H2,1-7H3,(H,27,28). The van der Waals surface area contributed by atoms with Crippen LogP contribution in [-0.2, 0) is 14.3 Å². The number of rotatable bonds is 8. The molecule has 0 aliphatic carbocycles. The van der Waals surface area contributed by atoms with Crippen molar-refractivity contribution < 1.29 is 33.0 Å². The van der Waals surface area contributed by atoms with Gasteiger partial charge in [0.15, 0.2) is 0 Å². The van der Waals surface area contributed by atoms with E-state index < -0.39 is 48.1 Å². The molecule has 174 valence electrons. The summed E-state index contributed by atoms with van der Waals surface area (Å²) < 4.78 is 32.3. The van der Waals surface area contributed by atoms with Gasteiger partial charge >= 0.3 is 12.1 Å². The normalized spacial score (nSPS) is 18.7. The lowest BCUT2D eigenvalue weighted by Crippen LogP contribution is -2.56. The monoisotopic (exact) mass is 435 g/mol. The van der Waals surface area contributed by atoms with Gasteiger partial charge < -0.3 is 14.7 Å². The summed E-state index contributed by atoms with van der Waals surface area (Å²) in [6, 6.07) is -2.25. The van der Waals surface area contributed by atoms with Crippen LogP contribution in [0.15, 0.2) is 0 Å². The average Bonchev–Trinajstić information content (AvgIpc) is 2.92. The Bertz CT molecular complexity index is 636. The molecule has 1 saturated heterocycles. The molecule has 0 saturated carbocycles. The highest BCUT2D eigenvalue weighted by Crippen LogP contribution is 2.27. The van der Waals surface area contributed by atoms with Gasteiger partial charge in [-0.25, -0.2) is 18.4 Å². The zero-order chi connectivity index (χ0) is 23.4. The second-order valence-electron chi connectivity index (χ2n) is 9.38. The lowest BCUT2D eigenvalue weighted by Gasteiger charge is -2.35. The van der Waals surface area contributed by atoms with Gasteiger partial charge in [0.05, 0.1) is 6.54 Å². The molecule has 0 radical (unpaired) electrons. The third-order valence-corrected chi connectivity index (χ3v) is 4.91. The van der Waals surface area contributed by atoms with Gasteiger partial charge in [-0.15, -0.1) is 0 Å². The molecule has 8 nitrogen and oxygen atoms in total. The van der Waals surface area contributed by atoms with E-state index in [0.717, 1.165) is 4.90 Å². The van der Waals surface area contributed by atoms with E-state index in [9.17, 15) is 28.3 Å². The van der Waals surface area contributed by atoms with E-state index in [1.807, 2.05) is 13.8 Å². The van der Waals surface area contributed by atoms with Gasteiger partial charge in [0.25, 0.3) is 5.92 Å². The van der Waals surface area contributed by atoms with E-state index in [0.29, 0.717) is 6.42 Å². The zero-order valence-electron chi connectivity index (χ0n) is 18.9. The molecule has 10 heteroatoms.